The van der Waals surface area contributed by atoms with Gasteiger partial charge in [0.25, 0.3) is 0 Å². The van der Waals surface area contributed by atoms with E-state index in [0.717, 1.165) is 6.07 Å². The first kappa shape index (κ1) is 10.8. The van der Waals surface area contributed by atoms with Gasteiger partial charge in [0.1, 0.15) is 11.3 Å². The Kier molecular flexibility index (Phi) is 2.96. The van der Waals surface area contributed by atoms with Crippen LogP contribution in [0.2, 0.25) is 5.02 Å². The molecule has 0 aliphatic heterocycles. The molecular formula is C10H5ClF2N2O. The van der Waals surface area contributed by atoms with Crippen LogP contribution in [0.4, 0.5) is 8.78 Å². The molecule has 82 valence electrons. The predicted molar refractivity (Wildman–Crippen MR) is 53.5 cm³/mol. The van der Waals surface area contributed by atoms with Gasteiger partial charge in [0.15, 0.2) is 11.6 Å². The van der Waals surface area contributed by atoms with Gasteiger partial charge >= 0.3 is 0 Å². The van der Waals surface area contributed by atoms with Crippen LogP contribution >= 0.6 is 11.6 Å². The van der Waals surface area contributed by atoms with E-state index in [2.05, 4.69) is 9.97 Å². The third kappa shape index (κ3) is 2.09. The van der Waals surface area contributed by atoms with Crippen molar-refractivity contribution in [1.82, 2.24) is 9.97 Å². The Morgan fingerprint density at radius 2 is 2.06 bits per heavy atom. The lowest BCUT2D eigenvalue weighted by Gasteiger charge is -2.06. The minimum atomic E-state index is -1.09. The summed E-state index contributed by atoms with van der Waals surface area (Å²) in [4.78, 5) is 7.33. The van der Waals surface area contributed by atoms with Gasteiger partial charge in [-0.1, -0.05) is 17.7 Å². The van der Waals surface area contributed by atoms with E-state index in [1.54, 1.807) is 0 Å². The third-order valence-electron chi connectivity index (χ3n) is 1.76. The summed E-state index contributed by atoms with van der Waals surface area (Å²) in [5, 5.41) is 0.117. The lowest BCUT2D eigenvalue weighted by Crippen LogP contribution is -1.94. The number of ether oxygens (including phenoxy) is 1. The molecule has 0 amide bonds. The van der Waals surface area contributed by atoms with Crippen LogP contribution in [0.25, 0.3) is 0 Å². The van der Waals surface area contributed by atoms with Crippen LogP contribution in [-0.2, 0) is 0 Å². The largest absolute Gasteiger partial charge is 0.434 e. The smallest absolute Gasteiger partial charge is 0.241 e. The fourth-order valence-corrected chi connectivity index (χ4v) is 1.19. The highest BCUT2D eigenvalue weighted by Crippen LogP contribution is 2.28. The van der Waals surface area contributed by atoms with Gasteiger partial charge in [0.2, 0.25) is 11.7 Å². The Hall–Kier alpha value is -1.75. The lowest BCUT2D eigenvalue weighted by atomic mass is 10.3. The van der Waals surface area contributed by atoms with Gasteiger partial charge in [-0.25, -0.2) is 14.4 Å². The number of aromatic nitrogens is 2. The van der Waals surface area contributed by atoms with Gasteiger partial charge in [-0.3, -0.25) is 0 Å². The molecule has 0 fully saturated rings. The first-order chi connectivity index (χ1) is 7.68. The second-order valence-electron chi connectivity index (χ2n) is 2.83. The Balaban J connectivity index is 2.35. The molecular weight excluding hydrogens is 238 g/mol. The summed E-state index contributed by atoms with van der Waals surface area (Å²) < 4.78 is 31.1. The minimum absolute atomic E-state index is 0.0267. The molecule has 0 atom stereocenters. The number of halogens is 3. The van der Waals surface area contributed by atoms with Gasteiger partial charge in [-0.2, -0.15) is 4.39 Å². The third-order valence-corrected chi connectivity index (χ3v) is 2.02. The summed E-state index contributed by atoms with van der Waals surface area (Å²) >= 11 is 5.70. The van der Waals surface area contributed by atoms with E-state index in [4.69, 9.17) is 16.3 Å². The molecule has 2 aromatic rings. The van der Waals surface area contributed by atoms with Gasteiger partial charge < -0.3 is 4.74 Å². The summed E-state index contributed by atoms with van der Waals surface area (Å²) in [6.45, 7) is 0. The number of rotatable bonds is 2. The summed E-state index contributed by atoms with van der Waals surface area (Å²) in [7, 11) is 0. The fraction of sp³-hybridized carbons (Fsp3) is 0. The van der Waals surface area contributed by atoms with E-state index in [9.17, 15) is 8.78 Å². The zero-order valence-corrected chi connectivity index (χ0v) is 8.58. The van der Waals surface area contributed by atoms with Crippen molar-refractivity contribution >= 4 is 11.6 Å². The molecule has 0 saturated carbocycles. The van der Waals surface area contributed by atoms with E-state index in [-0.39, 0.29) is 16.7 Å². The van der Waals surface area contributed by atoms with Crippen LogP contribution in [0.1, 0.15) is 0 Å². The molecule has 0 aliphatic rings. The first-order valence-electron chi connectivity index (χ1n) is 4.26. The molecule has 1 heterocycles. The Labute approximate surface area is 94.7 Å². The summed E-state index contributed by atoms with van der Waals surface area (Å²) in [6, 6.07) is 3.59. The second kappa shape index (κ2) is 4.40. The molecule has 2 rings (SSSR count). The van der Waals surface area contributed by atoms with E-state index in [1.165, 1.54) is 24.7 Å². The molecule has 6 heteroatoms. The molecule has 0 spiro atoms. The summed E-state index contributed by atoms with van der Waals surface area (Å²) in [5.41, 5.74) is 0. The molecule has 0 N–H and O–H groups in total. The van der Waals surface area contributed by atoms with Crippen molar-refractivity contribution in [3.63, 3.8) is 0 Å². The van der Waals surface area contributed by atoms with Crippen molar-refractivity contribution in [3.05, 3.63) is 47.4 Å². The van der Waals surface area contributed by atoms with Crippen LogP contribution in [0.5, 0.6) is 11.6 Å². The summed E-state index contributed by atoms with van der Waals surface area (Å²) in [5.74, 6) is -2.39. The number of hydrogen-bond donors (Lipinski definition) is 0. The van der Waals surface area contributed by atoms with Gasteiger partial charge in [0, 0.05) is 0 Å². The van der Waals surface area contributed by atoms with E-state index < -0.39 is 11.6 Å². The first-order valence-corrected chi connectivity index (χ1v) is 4.63. The molecule has 16 heavy (non-hydrogen) atoms. The Morgan fingerprint density at radius 3 is 2.81 bits per heavy atom. The number of benzene rings is 1. The zero-order valence-electron chi connectivity index (χ0n) is 7.82. The van der Waals surface area contributed by atoms with Gasteiger partial charge in [-0.05, 0) is 12.1 Å². The molecule has 0 radical (unpaired) electrons. The van der Waals surface area contributed by atoms with Crippen molar-refractivity contribution in [1.29, 1.82) is 0 Å². The Morgan fingerprint density at radius 1 is 1.25 bits per heavy atom. The van der Waals surface area contributed by atoms with Crippen molar-refractivity contribution in [3.8, 4) is 11.6 Å². The number of nitrogens with zero attached hydrogens (tertiary/aromatic N) is 2. The molecule has 1 aromatic carbocycles. The van der Waals surface area contributed by atoms with Crippen LogP contribution < -0.4 is 4.74 Å². The lowest BCUT2D eigenvalue weighted by molar-refractivity contribution is 0.405. The topological polar surface area (TPSA) is 35.0 Å². The van der Waals surface area contributed by atoms with E-state index in [0.29, 0.717) is 0 Å². The molecule has 0 bridgehead atoms. The maximum absolute atomic E-state index is 13.2. The van der Waals surface area contributed by atoms with Crippen LogP contribution in [0.15, 0.2) is 30.7 Å². The highest BCUT2D eigenvalue weighted by molar-refractivity contribution is 6.31. The summed E-state index contributed by atoms with van der Waals surface area (Å²) in [6.07, 6.45) is 2.49. The Bertz CT molecular complexity index is 522. The maximum atomic E-state index is 13.2. The fourth-order valence-electron chi connectivity index (χ4n) is 1.04. The van der Waals surface area contributed by atoms with E-state index >= 15 is 0 Å². The van der Waals surface area contributed by atoms with Gasteiger partial charge in [-0.15, -0.1) is 0 Å². The van der Waals surface area contributed by atoms with Crippen LogP contribution in [0.3, 0.4) is 0 Å². The average Bonchev–Trinajstić information content (AvgIpc) is 2.28. The predicted octanol–water partition coefficient (Wildman–Crippen LogP) is 3.20. The minimum Gasteiger partial charge on any atom is -0.434 e. The monoisotopic (exact) mass is 242 g/mol. The van der Waals surface area contributed by atoms with Crippen molar-refractivity contribution in [2.75, 3.05) is 0 Å². The van der Waals surface area contributed by atoms with Crippen LogP contribution in [0, 0.1) is 11.6 Å². The maximum Gasteiger partial charge on any atom is 0.241 e. The average molecular weight is 243 g/mol. The molecule has 0 saturated heterocycles. The SMILES string of the molecule is Fc1cccc(Oc2ncncc2Cl)c1F. The standard InChI is InChI=1S/C10H5ClF2N2O/c11-6-4-14-5-15-10(6)16-8-3-1-2-7(12)9(8)13/h1-5H. The molecule has 0 unspecified atom stereocenters. The van der Waals surface area contributed by atoms with E-state index in [1.807, 2.05) is 0 Å². The molecule has 1 aromatic heterocycles. The normalized spacial score (nSPS) is 10.2. The van der Waals surface area contributed by atoms with Crippen molar-refractivity contribution in [2.45, 2.75) is 0 Å². The molecule has 0 aliphatic carbocycles. The van der Waals surface area contributed by atoms with Gasteiger partial charge in [0.05, 0.1) is 6.20 Å². The molecule has 3 nitrogen and oxygen atoms in total. The van der Waals surface area contributed by atoms with Crippen molar-refractivity contribution < 1.29 is 13.5 Å². The quantitative estimate of drug-likeness (QED) is 0.811. The van der Waals surface area contributed by atoms with Crippen LogP contribution in [-0.4, -0.2) is 9.97 Å². The highest BCUT2D eigenvalue weighted by atomic mass is 35.5. The number of hydrogen-bond acceptors (Lipinski definition) is 3. The zero-order chi connectivity index (χ0) is 11.5. The highest BCUT2D eigenvalue weighted by Gasteiger charge is 2.11. The second-order valence-corrected chi connectivity index (χ2v) is 3.24. The van der Waals surface area contributed by atoms with Crippen molar-refractivity contribution in [2.24, 2.45) is 0 Å².